The van der Waals surface area contributed by atoms with Gasteiger partial charge in [-0.15, -0.1) is 0 Å². The third-order valence-corrected chi connectivity index (χ3v) is 5.35. The number of hydrogen-bond acceptors (Lipinski definition) is 2. The average molecular weight is 397 g/mol. The lowest BCUT2D eigenvalue weighted by atomic mass is 9.76. The summed E-state index contributed by atoms with van der Waals surface area (Å²) in [6.45, 7) is 16.6. The van der Waals surface area contributed by atoms with Gasteiger partial charge >= 0.3 is 0 Å². The summed E-state index contributed by atoms with van der Waals surface area (Å²) in [4.78, 5) is 26.0. The molecule has 1 fully saturated rings. The second-order valence-corrected chi connectivity index (χ2v) is 9.62. The van der Waals surface area contributed by atoms with E-state index in [9.17, 15) is 9.59 Å². The van der Waals surface area contributed by atoms with Crippen LogP contribution in [0.2, 0.25) is 0 Å². The summed E-state index contributed by atoms with van der Waals surface area (Å²) >= 11 is 0. The van der Waals surface area contributed by atoms with Gasteiger partial charge in [0.2, 0.25) is 0 Å². The number of rotatable bonds is 6. The Bertz CT molecular complexity index is 753. The van der Waals surface area contributed by atoms with Crippen molar-refractivity contribution in [3.05, 3.63) is 59.2 Å². The average Bonchev–Trinajstić information content (AvgIpc) is 2.59. The van der Waals surface area contributed by atoms with Crippen molar-refractivity contribution in [2.75, 3.05) is 0 Å². The maximum Gasteiger partial charge on any atom is 0.172 e. The highest BCUT2D eigenvalue weighted by Crippen LogP contribution is 2.34. The van der Waals surface area contributed by atoms with Crippen LogP contribution in [0.4, 0.5) is 0 Å². The summed E-state index contributed by atoms with van der Waals surface area (Å²) in [5.74, 6) is 0.225. The first-order valence-corrected chi connectivity index (χ1v) is 11.0. The van der Waals surface area contributed by atoms with Crippen LogP contribution in [0.1, 0.15) is 102 Å². The van der Waals surface area contributed by atoms with E-state index in [4.69, 9.17) is 0 Å². The molecule has 0 bridgehead atoms. The standard InChI is InChI=1S/C24H32O2.C3H8/c1-7-18(23(2,3)4)15-16-24(5,6)22(26)20-14-9-8-13-19(20)21(25)17-11-10-12-17;1-3-2/h7-9,13-17H,10-12H2,1-6H3;3H2,1-2H3/b16-15-,18-7+;. The molecule has 0 N–H and O–H groups in total. The van der Waals surface area contributed by atoms with Crippen LogP contribution in [-0.2, 0) is 0 Å². The van der Waals surface area contributed by atoms with Gasteiger partial charge < -0.3 is 0 Å². The molecule has 160 valence electrons. The van der Waals surface area contributed by atoms with Crippen LogP contribution in [0.3, 0.4) is 0 Å². The summed E-state index contributed by atoms with van der Waals surface area (Å²) < 4.78 is 0. The minimum atomic E-state index is -0.671. The number of benzene rings is 1. The molecule has 2 nitrogen and oxygen atoms in total. The fourth-order valence-electron chi connectivity index (χ4n) is 3.29. The zero-order valence-corrected chi connectivity index (χ0v) is 19.8. The first-order valence-electron chi connectivity index (χ1n) is 11.0. The molecule has 0 spiro atoms. The van der Waals surface area contributed by atoms with E-state index in [-0.39, 0.29) is 22.9 Å². The second-order valence-electron chi connectivity index (χ2n) is 9.62. The topological polar surface area (TPSA) is 34.1 Å². The van der Waals surface area contributed by atoms with Gasteiger partial charge in [-0.05, 0) is 44.6 Å². The molecule has 0 amide bonds. The Kier molecular flexibility index (Phi) is 9.26. The zero-order valence-electron chi connectivity index (χ0n) is 19.8. The van der Waals surface area contributed by atoms with Gasteiger partial charge in [-0.25, -0.2) is 0 Å². The molecule has 1 aliphatic rings. The lowest BCUT2D eigenvalue weighted by Gasteiger charge is -2.26. The molecule has 0 radical (unpaired) electrons. The van der Waals surface area contributed by atoms with Crippen LogP contribution in [0.5, 0.6) is 0 Å². The van der Waals surface area contributed by atoms with E-state index in [0.717, 1.165) is 19.3 Å². The molecule has 0 saturated heterocycles. The van der Waals surface area contributed by atoms with Crippen LogP contribution in [0.15, 0.2) is 48.1 Å². The Hall–Kier alpha value is -1.96. The van der Waals surface area contributed by atoms with Crippen LogP contribution in [-0.4, -0.2) is 11.6 Å². The van der Waals surface area contributed by atoms with Gasteiger partial charge in [0.15, 0.2) is 11.6 Å². The fraction of sp³-hybridized carbons (Fsp3) is 0.556. The van der Waals surface area contributed by atoms with Crippen molar-refractivity contribution in [1.29, 1.82) is 0 Å². The first-order chi connectivity index (χ1) is 13.5. The highest BCUT2D eigenvalue weighted by molar-refractivity contribution is 6.11. The second kappa shape index (κ2) is 10.7. The molecular weight excluding hydrogens is 356 g/mol. The lowest BCUT2D eigenvalue weighted by Crippen LogP contribution is -2.28. The molecule has 0 aliphatic heterocycles. The van der Waals surface area contributed by atoms with Gasteiger partial charge in [0.1, 0.15) is 0 Å². The molecule has 0 atom stereocenters. The smallest absolute Gasteiger partial charge is 0.172 e. The lowest BCUT2D eigenvalue weighted by molar-refractivity contribution is 0.0832. The van der Waals surface area contributed by atoms with Crippen molar-refractivity contribution in [1.82, 2.24) is 0 Å². The highest BCUT2D eigenvalue weighted by atomic mass is 16.1. The molecule has 1 saturated carbocycles. The SMILES string of the molecule is C/C=C(\C=C/C(C)(C)C(=O)c1ccccc1C(=O)C1CCC1)C(C)(C)C.CCC. The van der Waals surface area contributed by atoms with E-state index in [1.165, 1.54) is 12.0 Å². The summed E-state index contributed by atoms with van der Waals surface area (Å²) in [5.41, 5.74) is 1.69. The first kappa shape index (κ1) is 25.1. The molecule has 1 aliphatic carbocycles. The third-order valence-electron chi connectivity index (χ3n) is 5.35. The Morgan fingerprint density at radius 2 is 1.52 bits per heavy atom. The molecular formula is C27H40O2. The van der Waals surface area contributed by atoms with Crippen molar-refractivity contribution in [3.63, 3.8) is 0 Å². The molecule has 2 rings (SSSR count). The molecule has 1 aromatic rings. The maximum absolute atomic E-state index is 13.2. The van der Waals surface area contributed by atoms with Crippen molar-refractivity contribution in [2.24, 2.45) is 16.7 Å². The Morgan fingerprint density at radius 3 is 1.93 bits per heavy atom. The van der Waals surface area contributed by atoms with E-state index >= 15 is 0 Å². The quantitative estimate of drug-likeness (QED) is 0.362. The number of ketones is 2. The van der Waals surface area contributed by atoms with Gasteiger partial charge in [-0.1, -0.05) is 90.0 Å². The minimum absolute atomic E-state index is 0.00128. The molecule has 1 aromatic carbocycles. The summed E-state index contributed by atoms with van der Waals surface area (Å²) in [5, 5.41) is 0. The van der Waals surface area contributed by atoms with Crippen molar-refractivity contribution >= 4 is 11.6 Å². The molecule has 29 heavy (non-hydrogen) atoms. The van der Waals surface area contributed by atoms with Gasteiger partial charge in [0.25, 0.3) is 0 Å². The normalized spacial score (nSPS) is 15.5. The highest BCUT2D eigenvalue weighted by Gasteiger charge is 2.33. The number of carbonyl (C=O) groups excluding carboxylic acids is 2. The number of Topliss-reactive ketones (excluding diaryl/α,β-unsaturated/α-hetero) is 2. The zero-order chi connectivity index (χ0) is 22.2. The van der Waals surface area contributed by atoms with Gasteiger partial charge in [-0.2, -0.15) is 0 Å². The van der Waals surface area contributed by atoms with Crippen LogP contribution < -0.4 is 0 Å². The fourth-order valence-corrected chi connectivity index (χ4v) is 3.29. The van der Waals surface area contributed by atoms with Crippen LogP contribution in [0, 0.1) is 16.7 Å². The van der Waals surface area contributed by atoms with E-state index in [0.29, 0.717) is 11.1 Å². The van der Waals surface area contributed by atoms with Gasteiger partial charge in [0, 0.05) is 22.5 Å². The van der Waals surface area contributed by atoms with Crippen molar-refractivity contribution in [2.45, 2.75) is 81.1 Å². The van der Waals surface area contributed by atoms with Crippen molar-refractivity contribution in [3.8, 4) is 0 Å². The van der Waals surface area contributed by atoms with Gasteiger partial charge in [0.05, 0.1) is 0 Å². The van der Waals surface area contributed by atoms with Gasteiger partial charge in [-0.3, -0.25) is 9.59 Å². The van der Waals surface area contributed by atoms with E-state index in [1.807, 2.05) is 45.1 Å². The summed E-state index contributed by atoms with van der Waals surface area (Å²) in [6.07, 6.45) is 10.4. The Balaban J connectivity index is 0.00000132. The van der Waals surface area contributed by atoms with E-state index in [2.05, 4.69) is 40.7 Å². The monoisotopic (exact) mass is 396 g/mol. The molecule has 0 unspecified atom stereocenters. The van der Waals surface area contributed by atoms with Crippen LogP contribution >= 0.6 is 0 Å². The Morgan fingerprint density at radius 1 is 1.00 bits per heavy atom. The van der Waals surface area contributed by atoms with E-state index in [1.54, 1.807) is 12.1 Å². The molecule has 0 heterocycles. The van der Waals surface area contributed by atoms with E-state index < -0.39 is 5.41 Å². The minimum Gasteiger partial charge on any atom is -0.294 e. The number of hydrogen-bond donors (Lipinski definition) is 0. The number of allylic oxidation sites excluding steroid dienone is 4. The predicted molar refractivity (Wildman–Crippen MR) is 125 cm³/mol. The van der Waals surface area contributed by atoms with Crippen molar-refractivity contribution < 1.29 is 9.59 Å². The predicted octanol–water partition coefficient (Wildman–Crippen LogP) is 7.84. The van der Waals surface area contributed by atoms with Crippen LogP contribution in [0.25, 0.3) is 0 Å². The largest absolute Gasteiger partial charge is 0.294 e. The summed E-state index contributed by atoms with van der Waals surface area (Å²) in [6, 6.07) is 7.30. The summed E-state index contributed by atoms with van der Waals surface area (Å²) in [7, 11) is 0. The molecule has 0 aromatic heterocycles. The number of carbonyl (C=O) groups is 2. The third kappa shape index (κ3) is 6.80. The molecule has 2 heteroatoms. The Labute approximate surface area is 178 Å². The maximum atomic E-state index is 13.2.